The highest BCUT2D eigenvalue weighted by Crippen LogP contribution is 2.28. The van der Waals surface area contributed by atoms with Gasteiger partial charge in [0, 0.05) is 12.1 Å². The quantitative estimate of drug-likeness (QED) is 0.733. The van der Waals surface area contributed by atoms with Crippen LogP contribution in [0.3, 0.4) is 0 Å². The summed E-state index contributed by atoms with van der Waals surface area (Å²) in [5.41, 5.74) is 5.37. The molecule has 1 fully saturated rings. The molecule has 0 heterocycles. The Labute approximate surface area is 99.4 Å². The van der Waals surface area contributed by atoms with Crippen molar-refractivity contribution in [3.63, 3.8) is 0 Å². The number of ether oxygens (including phenoxy) is 1. The van der Waals surface area contributed by atoms with E-state index < -0.39 is 5.54 Å². The Balaban J connectivity index is 2.17. The minimum absolute atomic E-state index is 0.0264. The highest BCUT2D eigenvalue weighted by atomic mass is 16.5. The molecule has 16 heavy (non-hydrogen) atoms. The molecule has 3 nitrogen and oxygen atoms in total. The van der Waals surface area contributed by atoms with Crippen molar-refractivity contribution in [2.24, 2.45) is 11.7 Å². The van der Waals surface area contributed by atoms with Crippen molar-refractivity contribution in [2.75, 3.05) is 13.2 Å². The minimum Gasteiger partial charge on any atom is -0.394 e. The standard InChI is InChI=1S/C13H27NO2/c1-3-11-5-4-6-12(9-11)16-8-7-13(2,14)10-15/h11-12,15H,3-10,14H2,1-2H3. The van der Waals surface area contributed by atoms with Crippen LogP contribution >= 0.6 is 0 Å². The van der Waals surface area contributed by atoms with E-state index in [2.05, 4.69) is 6.92 Å². The Kier molecular flexibility index (Phi) is 5.73. The Morgan fingerprint density at radius 3 is 2.81 bits per heavy atom. The van der Waals surface area contributed by atoms with Gasteiger partial charge in [0.05, 0.1) is 12.7 Å². The van der Waals surface area contributed by atoms with Crippen molar-refractivity contribution in [1.29, 1.82) is 0 Å². The molecule has 1 aliphatic rings. The van der Waals surface area contributed by atoms with Gasteiger partial charge >= 0.3 is 0 Å². The van der Waals surface area contributed by atoms with Gasteiger partial charge in [-0.15, -0.1) is 0 Å². The molecule has 0 saturated heterocycles. The van der Waals surface area contributed by atoms with Crippen molar-refractivity contribution in [1.82, 2.24) is 0 Å². The molecule has 3 unspecified atom stereocenters. The third-order valence-electron chi connectivity index (χ3n) is 3.70. The summed E-state index contributed by atoms with van der Waals surface area (Å²) in [4.78, 5) is 0. The van der Waals surface area contributed by atoms with E-state index in [0.29, 0.717) is 12.7 Å². The molecule has 3 atom stereocenters. The summed E-state index contributed by atoms with van der Waals surface area (Å²) in [7, 11) is 0. The second-order valence-electron chi connectivity index (χ2n) is 5.50. The molecule has 0 aromatic carbocycles. The Morgan fingerprint density at radius 1 is 1.44 bits per heavy atom. The van der Waals surface area contributed by atoms with Crippen LogP contribution in [0.4, 0.5) is 0 Å². The summed E-state index contributed by atoms with van der Waals surface area (Å²) in [6.07, 6.45) is 7.48. The van der Waals surface area contributed by atoms with Crippen molar-refractivity contribution in [3.05, 3.63) is 0 Å². The maximum absolute atomic E-state index is 9.03. The van der Waals surface area contributed by atoms with Gasteiger partial charge in [-0.1, -0.05) is 26.2 Å². The minimum atomic E-state index is -0.487. The molecule has 0 aromatic heterocycles. The highest BCUT2D eigenvalue weighted by molar-refractivity contribution is 4.78. The summed E-state index contributed by atoms with van der Waals surface area (Å²) in [6, 6.07) is 0. The fraction of sp³-hybridized carbons (Fsp3) is 1.00. The van der Waals surface area contributed by atoms with Crippen molar-refractivity contribution >= 4 is 0 Å². The summed E-state index contributed by atoms with van der Waals surface area (Å²) in [6.45, 7) is 4.83. The van der Waals surface area contributed by atoms with Gasteiger partial charge in [0.1, 0.15) is 0 Å². The number of hydrogen-bond donors (Lipinski definition) is 2. The van der Waals surface area contributed by atoms with Crippen LogP contribution in [0.15, 0.2) is 0 Å². The van der Waals surface area contributed by atoms with Crippen molar-refractivity contribution in [2.45, 2.75) is 64.0 Å². The molecule has 0 amide bonds. The number of nitrogens with two attached hydrogens (primary N) is 1. The molecule has 96 valence electrons. The van der Waals surface area contributed by atoms with E-state index >= 15 is 0 Å². The molecule has 0 spiro atoms. The SMILES string of the molecule is CCC1CCCC(OCCC(C)(N)CO)C1. The molecule has 0 bridgehead atoms. The maximum Gasteiger partial charge on any atom is 0.0609 e. The van der Waals surface area contributed by atoms with Gasteiger partial charge in [-0.05, 0) is 32.1 Å². The van der Waals surface area contributed by atoms with Crippen LogP contribution in [-0.2, 0) is 4.74 Å². The van der Waals surface area contributed by atoms with E-state index in [1.165, 1.54) is 32.1 Å². The molecule has 3 heteroatoms. The van der Waals surface area contributed by atoms with Gasteiger partial charge < -0.3 is 15.6 Å². The Morgan fingerprint density at radius 2 is 2.19 bits per heavy atom. The number of rotatable bonds is 6. The first-order valence-electron chi connectivity index (χ1n) is 6.58. The lowest BCUT2D eigenvalue weighted by Gasteiger charge is -2.29. The summed E-state index contributed by atoms with van der Waals surface area (Å²) < 4.78 is 5.86. The van der Waals surface area contributed by atoms with Crippen LogP contribution in [0, 0.1) is 5.92 Å². The third kappa shape index (κ3) is 4.81. The molecule has 1 saturated carbocycles. The first-order chi connectivity index (χ1) is 7.57. The summed E-state index contributed by atoms with van der Waals surface area (Å²) in [5.74, 6) is 0.848. The molecule has 1 aliphatic carbocycles. The second-order valence-corrected chi connectivity index (χ2v) is 5.50. The first-order valence-corrected chi connectivity index (χ1v) is 6.58. The van der Waals surface area contributed by atoms with Crippen LogP contribution in [0.1, 0.15) is 52.4 Å². The zero-order valence-corrected chi connectivity index (χ0v) is 10.7. The number of aliphatic hydroxyl groups excluding tert-OH is 1. The molecular weight excluding hydrogens is 202 g/mol. The predicted octanol–water partition coefficient (Wildman–Crippen LogP) is 2.07. The van der Waals surface area contributed by atoms with Gasteiger partial charge in [-0.2, -0.15) is 0 Å². The van der Waals surface area contributed by atoms with E-state index in [0.717, 1.165) is 12.3 Å². The molecule has 0 radical (unpaired) electrons. The predicted molar refractivity (Wildman–Crippen MR) is 66.3 cm³/mol. The average Bonchev–Trinajstić information content (AvgIpc) is 2.29. The smallest absolute Gasteiger partial charge is 0.0609 e. The second kappa shape index (κ2) is 6.58. The van der Waals surface area contributed by atoms with E-state index in [-0.39, 0.29) is 6.61 Å². The average molecular weight is 229 g/mol. The van der Waals surface area contributed by atoms with Crippen LogP contribution < -0.4 is 5.73 Å². The fourth-order valence-electron chi connectivity index (χ4n) is 2.30. The lowest BCUT2D eigenvalue weighted by Crippen LogP contribution is -2.41. The monoisotopic (exact) mass is 229 g/mol. The van der Waals surface area contributed by atoms with Crippen molar-refractivity contribution < 1.29 is 9.84 Å². The van der Waals surface area contributed by atoms with Gasteiger partial charge in [-0.3, -0.25) is 0 Å². The zero-order valence-electron chi connectivity index (χ0n) is 10.7. The van der Waals surface area contributed by atoms with Crippen molar-refractivity contribution in [3.8, 4) is 0 Å². The van der Waals surface area contributed by atoms with Gasteiger partial charge in [0.25, 0.3) is 0 Å². The van der Waals surface area contributed by atoms with E-state index in [4.69, 9.17) is 15.6 Å². The largest absolute Gasteiger partial charge is 0.394 e. The first kappa shape index (κ1) is 13.9. The maximum atomic E-state index is 9.03. The normalized spacial score (nSPS) is 30.0. The van der Waals surface area contributed by atoms with Crippen LogP contribution in [0.5, 0.6) is 0 Å². The topological polar surface area (TPSA) is 55.5 Å². The van der Waals surface area contributed by atoms with Gasteiger partial charge in [0.15, 0.2) is 0 Å². The zero-order chi connectivity index (χ0) is 12.0. The molecular formula is C13H27NO2. The van der Waals surface area contributed by atoms with Crippen LogP contribution in [-0.4, -0.2) is 30.0 Å². The van der Waals surface area contributed by atoms with Gasteiger partial charge in [-0.25, -0.2) is 0 Å². The van der Waals surface area contributed by atoms with E-state index in [1.807, 2.05) is 6.92 Å². The number of aliphatic hydroxyl groups is 1. The lowest BCUT2D eigenvalue weighted by molar-refractivity contribution is 0.00180. The van der Waals surface area contributed by atoms with Crippen LogP contribution in [0.25, 0.3) is 0 Å². The summed E-state index contributed by atoms with van der Waals surface area (Å²) >= 11 is 0. The third-order valence-corrected chi connectivity index (χ3v) is 3.70. The Bertz CT molecular complexity index is 194. The lowest BCUT2D eigenvalue weighted by atomic mass is 9.85. The molecule has 1 rings (SSSR count). The number of hydrogen-bond acceptors (Lipinski definition) is 3. The Hall–Kier alpha value is -0.120. The van der Waals surface area contributed by atoms with Gasteiger partial charge in [0.2, 0.25) is 0 Å². The fourth-order valence-corrected chi connectivity index (χ4v) is 2.30. The molecule has 0 aliphatic heterocycles. The molecule has 3 N–H and O–H groups in total. The highest BCUT2D eigenvalue weighted by Gasteiger charge is 2.22. The van der Waals surface area contributed by atoms with E-state index in [1.54, 1.807) is 0 Å². The summed E-state index contributed by atoms with van der Waals surface area (Å²) in [5, 5.41) is 9.03. The van der Waals surface area contributed by atoms with E-state index in [9.17, 15) is 0 Å². The van der Waals surface area contributed by atoms with Crippen LogP contribution in [0.2, 0.25) is 0 Å². The molecule has 0 aromatic rings.